The number of aryl methyl sites for hydroxylation is 1. The molecule has 0 aliphatic rings. The Hall–Kier alpha value is -3.89. The predicted molar refractivity (Wildman–Crippen MR) is 123 cm³/mol. The lowest BCUT2D eigenvalue weighted by Gasteiger charge is -2.14. The van der Waals surface area contributed by atoms with Crippen LogP contribution in [0.25, 0.3) is 21.8 Å². The molecule has 0 unspecified atom stereocenters. The normalized spacial score (nSPS) is 10.8. The van der Waals surface area contributed by atoms with E-state index >= 15 is 0 Å². The highest BCUT2D eigenvalue weighted by Gasteiger charge is 2.23. The van der Waals surface area contributed by atoms with Crippen LogP contribution in [-0.4, -0.2) is 38.3 Å². The van der Waals surface area contributed by atoms with Crippen molar-refractivity contribution in [2.24, 2.45) is 5.73 Å². The van der Waals surface area contributed by atoms with Gasteiger partial charge in [0.2, 0.25) is 0 Å². The number of nitrogens with zero attached hydrogens (tertiary/aromatic N) is 4. The average molecular weight is 464 g/mol. The van der Waals surface area contributed by atoms with Crippen LogP contribution in [0, 0.1) is 6.92 Å². The fourth-order valence-electron chi connectivity index (χ4n) is 3.29. The number of carbonyl (C=O) groups excluding carboxylic acids is 1. The summed E-state index contributed by atoms with van der Waals surface area (Å²) >= 11 is 1.15. The smallest absolute Gasteiger partial charge is 0.294 e. The Morgan fingerprint density at radius 2 is 1.97 bits per heavy atom. The molecule has 0 aliphatic carbocycles. The Morgan fingerprint density at radius 3 is 2.67 bits per heavy atom. The van der Waals surface area contributed by atoms with Crippen LogP contribution in [0.4, 0.5) is 0 Å². The van der Waals surface area contributed by atoms with Gasteiger partial charge in [-0.2, -0.15) is 0 Å². The van der Waals surface area contributed by atoms with E-state index in [2.05, 4.69) is 20.2 Å². The Labute approximate surface area is 193 Å². The summed E-state index contributed by atoms with van der Waals surface area (Å²) in [6, 6.07) is 12.7. The van der Waals surface area contributed by atoms with Gasteiger partial charge in [-0.25, -0.2) is 4.98 Å². The predicted octanol–water partition coefficient (Wildman–Crippen LogP) is 3.15. The van der Waals surface area contributed by atoms with Crippen LogP contribution in [0.15, 0.2) is 48.7 Å². The molecule has 4 rings (SSSR count). The number of benzene rings is 1. The van der Waals surface area contributed by atoms with Gasteiger partial charge in [-0.1, -0.05) is 40.7 Å². The minimum absolute atomic E-state index is 0.0730. The van der Waals surface area contributed by atoms with Gasteiger partial charge >= 0.3 is 0 Å². The van der Waals surface area contributed by atoms with E-state index in [1.807, 2.05) is 31.2 Å². The van der Waals surface area contributed by atoms with E-state index in [4.69, 9.17) is 20.3 Å². The van der Waals surface area contributed by atoms with Gasteiger partial charge < -0.3 is 20.3 Å². The number of pyridine rings is 2. The van der Waals surface area contributed by atoms with Gasteiger partial charge in [0.15, 0.2) is 5.01 Å². The topological polar surface area (TPSA) is 133 Å². The summed E-state index contributed by atoms with van der Waals surface area (Å²) in [5.41, 5.74) is 9.74. The van der Waals surface area contributed by atoms with Gasteiger partial charge in [-0.05, 0) is 30.7 Å². The SMILES string of the molecule is COc1ccccc1-c1cc(C)nc(-c2nnc(OCc3ccc(CO)cn3)s2)c1C(N)=O. The number of amides is 1. The number of hydrogen-bond donors (Lipinski definition) is 2. The second kappa shape index (κ2) is 9.72. The van der Waals surface area contributed by atoms with E-state index < -0.39 is 5.91 Å². The summed E-state index contributed by atoms with van der Waals surface area (Å²) in [5.74, 6) is -0.0261. The van der Waals surface area contributed by atoms with Crippen molar-refractivity contribution in [3.8, 4) is 32.8 Å². The maximum atomic E-state index is 12.5. The van der Waals surface area contributed by atoms with Crippen molar-refractivity contribution < 1.29 is 19.4 Å². The summed E-state index contributed by atoms with van der Waals surface area (Å²) in [6.07, 6.45) is 1.58. The molecule has 9 nitrogen and oxygen atoms in total. The first-order chi connectivity index (χ1) is 16.0. The van der Waals surface area contributed by atoms with Gasteiger partial charge in [-0.3, -0.25) is 9.78 Å². The molecule has 0 saturated heterocycles. The molecule has 3 heterocycles. The number of rotatable bonds is 8. The molecule has 0 fully saturated rings. The molecule has 0 saturated carbocycles. The number of aromatic nitrogens is 4. The molecule has 0 radical (unpaired) electrons. The van der Waals surface area contributed by atoms with Crippen molar-refractivity contribution in [1.82, 2.24) is 20.2 Å². The molecule has 3 N–H and O–H groups in total. The van der Waals surface area contributed by atoms with Gasteiger partial charge in [-0.15, -0.1) is 5.10 Å². The molecule has 1 aromatic carbocycles. The third-order valence-corrected chi connectivity index (χ3v) is 5.65. The van der Waals surface area contributed by atoms with Crippen molar-refractivity contribution in [3.63, 3.8) is 0 Å². The van der Waals surface area contributed by atoms with Crippen molar-refractivity contribution in [1.29, 1.82) is 0 Å². The number of hydrogen-bond acceptors (Lipinski definition) is 9. The number of aliphatic hydroxyl groups is 1. The van der Waals surface area contributed by atoms with Crippen LogP contribution < -0.4 is 15.2 Å². The largest absolute Gasteiger partial charge is 0.496 e. The minimum atomic E-state index is -0.635. The maximum Gasteiger partial charge on any atom is 0.294 e. The molecule has 0 atom stereocenters. The summed E-state index contributed by atoms with van der Waals surface area (Å²) in [6.45, 7) is 1.93. The second-order valence-corrected chi connectivity index (χ2v) is 8.02. The minimum Gasteiger partial charge on any atom is -0.496 e. The highest BCUT2D eigenvalue weighted by molar-refractivity contribution is 7.16. The summed E-state index contributed by atoms with van der Waals surface area (Å²) < 4.78 is 11.2. The van der Waals surface area contributed by atoms with E-state index in [-0.39, 0.29) is 18.8 Å². The molecule has 0 bridgehead atoms. The van der Waals surface area contributed by atoms with Crippen LogP contribution in [0.3, 0.4) is 0 Å². The highest BCUT2D eigenvalue weighted by atomic mass is 32.1. The van der Waals surface area contributed by atoms with Gasteiger partial charge in [0.1, 0.15) is 18.1 Å². The van der Waals surface area contributed by atoms with Crippen LogP contribution in [0.5, 0.6) is 10.9 Å². The lowest BCUT2D eigenvalue weighted by molar-refractivity contribution is 0.100. The Bertz CT molecular complexity index is 1290. The number of aliphatic hydroxyl groups excluding tert-OH is 1. The molecule has 10 heteroatoms. The number of para-hydroxylation sites is 1. The summed E-state index contributed by atoms with van der Waals surface area (Å²) in [5, 5.41) is 18.1. The lowest BCUT2D eigenvalue weighted by atomic mass is 9.96. The van der Waals surface area contributed by atoms with E-state index in [0.717, 1.165) is 16.9 Å². The van der Waals surface area contributed by atoms with Gasteiger partial charge in [0, 0.05) is 23.0 Å². The summed E-state index contributed by atoms with van der Waals surface area (Å²) in [4.78, 5) is 21.3. The van der Waals surface area contributed by atoms with Crippen molar-refractivity contribution in [3.05, 3.63) is 71.2 Å². The zero-order chi connectivity index (χ0) is 23.4. The summed E-state index contributed by atoms with van der Waals surface area (Å²) in [7, 11) is 1.57. The molecule has 3 aromatic heterocycles. The van der Waals surface area contributed by atoms with Crippen LogP contribution in [0.2, 0.25) is 0 Å². The first kappa shape index (κ1) is 22.3. The van der Waals surface area contributed by atoms with Crippen LogP contribution in [0.1, 0.15) is 27.3 Å². The Kier molecular flexibility index (Phi) is 6.57. The molecule has 33 heavy (non-hydrogen) atoms. The monoisotopic (exact) mass is 463 g/mol. The van der Waals surface area contributed by atoms with Crippen LogP contribution in [-0.2, 0) is 13.2 Å². The van der Waals surface area contributed by atoms with Crippen molar-refractivity contribution in [2.45, 2.75) is 20.1 Å². The number of ether oxygens (including phenoxy) is 2. The highest BCUT2D eigenvalue weighted by Crippen LogP contribution is 2.38. The third kappa shape index (κ3) is 4.81. The lowest BCUT2D eigenvalue weighted by Crippen LogP contribution is -2.15. The molecule has 0 aliphatic heterocycles. The zero-order valence-electron chi connectivity index (χ0n) is 18.0. The third-order valence-electron chi connectivity index (χ3n) is 4.81. The molecule has 168 valence electrons. The fraction of sp³-hybridized carbons (Fsp3) is 0.174. The van der Waals surface area contributed by atoms with Crippen molar-refractivity contribution >= 4 is 17.2 Å². The van der Waals surface area contributed by atoms with Crippen molar-refractivity contribution in [2.75, 3.05) is 7.11 Å². The molecule has 4 aromatic rings. The second-order valence-electron chi connectivity index (χ2n) is 7.08. The van der Waals surface area contributed by atoms with E-state index in [9.17, 15) is 4.79 Å². The molecular weight excluding hydrogens is 442 g/mol. The van der Waals surface area contributed by atoms with Crippen LogP contribution >= 0.6 is 11.3 Å². The van der Waals surface area contributed by atoms with E-state index in [0.29, 0.717) is 44.2 Å². The number of nitrogens with two attached hydrogens (primary N) is 1. The number of carbonyl (C=O) groups is 1. The van der Waals surface area contributed by atoms with Gasteiger partial charge in [0.05, 0.1) is 25.0 Å². The molecule has 1 amide bonds. The van der Waals surface area contributed by atoms with Gasteiger partial charge in [0.25, 0.3) is 11.1 Å². The van der Waals surface area contributed by atoms with E-state index in [1.54, 1.807) is 31.5 Å². The Balaban J connectivity index is 1.68. The number of methoxy groups -OCH3 is 1. The molecule has 0 spiro atoms. The standard InChI is InChI=1S/C23H21N5O4S/c1-13-9-17(16-5-3-4-6-18(16)31-2)19(21(24)30)20(26-13)22-27-28-23(33-22)32-12-15-8-7-14(11-29)10-25-15/h3-10,29H,11-12H2,1-2H3,(H2,24,30). The quantitative estimate of drug-likeness (QED) is 0.407. The number of primary amides is 1. The zero-order valence-corrected chi connectivity index (χ0v) is 18.8. The Morgan fingerprint density at radius 1 is 1.15 bits per heavy atom. The van der Waals surface area contributed by atoms with E-state index in [1.165, 1.54) is 0 Å². The molecular formula is C23H21N5O4S. The first-order valence-corrected chi connectivity index (χ1v) is 10.8. The average Bonchev–Trinajstić information content (AvgIpc) is 3.31. The first-order valence-electron chi connectivity index (χ1n) is 9.96. The fourth-order valence-corrected chi connectivity index (χ4v) is 3.98. The maximum absolute atomic E-state index is 12.5.